The van der Waals surface area contributed by atoms with Crippen molar-refractivity contribution in [3.8, 4) is 5.75 Å². The number of methoxy groups -OCH3 is 1. The fraction of sp³-hybridized carbons (Fsp3) is 0.421. The highest BCUT2D eigenvalue weighted by atomic mass is 16.5. The number of nitrogens with one attached hydrogen (secondary N) is 2. The van der Waals surface area contributed by atoms with Gasteiger partial charge in [0.2, 0.25) is 5.91 Å². The molecule has 8 heteroatoms. The standard InChI is InChI=1S/C19H24N4O4/c1-27-14-5-2-4-13(10-14)19(26)20-12-18(25)22-16-6-3-7-17-15(16)11-21-23(17)8-9-24/h2,4-5,10-11,16,24H,3,6-9,12H2,1H3,(H,20,26)(H,22,25). The number of ether oxygens (including phenoxy) is 1. The summed E-state index contributed by atoms with van der Waals surface area (Å²) in [6.45, 7) is 0.376. The van der Waals surface area contributed by atoms with Crippen molar-refractivity contribution in [2.24, 2.45) is 0 Å². The molecule has 3 rings (SSSR count). The van der Waals surface area contributed by atoms with Gasteiger partial charge in [0.1, 0.15) is 5.75 Å². The van der Waals surface area contributed by atoms with E-state index in [-0.39, 0.29) is 31.0 Å². The van der Waals surface area contributed by atoms with Gasteiger partial charge >= 0.3 is 0 Å². The van der Waals surface area contributed by atoms with Crippen molar-refractivity contribution in [1.82, 2.24) is 20.4 Å². The van der Waals surface area contributed by atoms with Crippen LogP contribution in [0.1, 0.15) is 40.5 Å². The van der Waals surface area contributed by atoms with Gasteiger partial charge in [0.15, 0.2) is 0 Å². The molecule has 0 fully saturated rings. The van der Waals surface area contributed by atoms with E-state index in [2.05, 4.69) is 15.7 Å². The van der Waals surface area contributed by atoms with Crippen LogP contribution in [0, 0.1) is 0 Å². The Bertz CT molecular complexity index is 818. The lowest BCUT2D eigenvalue weighted by atomic mass is 9.93. The van der Waals surface area contributed by atoms with Crippen molar-refractivity contribution in [2.75, 3.05) is 20.3 Å². The minimum absolute atomic E-state index is 0.0292. The number of aliphatic hydroxyl groups is 1. The van der Waals surface area contributed by atoms with Gasteiger partial charge in [-0.05, 0) is 37.5 Å². The predicted octanol–water partition coefficient (Wildman–Crippen LogP) is 0.808. The van der Waals surface area contributed by atoms with Crippen LogP contribution in [0.25, 0.3) is 0 Å². The van der Waals surface area contributed by atoms with Crippen LogP contribution in [0.5, 0.6) is 5.75 Å². The Hall–Kier alpha value is -2.87. The van der Waals surface area contributed by atoms with E-state index in [9.17, 15) is 9.59 Å². The summed E-state index contributed by atoms with van der Waals surface area (Å²) in [5, 5.41) is 19.0. The molecule has 1 aliphatic carbocycles. The number of carbonyl (C=O) groups is 2. The molecule has 3 N–H and O–H groups in total. The molecule has 144 valence electrons. The molecule has 0 aliphatic heterocycles. The largest absolute Gasteiger partial charge is 0.497 e. The lowest BCUT2D eigenvalue weighted by molar-refractivity contribution is -0.121. The average molecular weight is 372 g/mol. The molecule has 1 aliphatic rings. The first-order valence-electron chi connectivity index (χ1n) is 8.99. The Morgan fingerprint density at radius 3 is 3.04 bits per heavy atom. The van der Waals surface area contributed by atoms with Crippen LogP contribution in [0.4, 0.5) is 0 Å². The molecule has 8 nitrogen and oxygen atoms in total. The molecule has 0 radical (unpaired) electrons. The van der Waals surface area contributed by atoms with Crippen molar-refractivity contribution < 1.29 is 19.4 Å². The number of nitrogens with zero attached hydrogens (tertiary/aromatic N) is 2. The Kier molecular flexibility index (Phi) is 6.08. The zero-order chi connectivity index (χ0) is 19.2. The van der Waals surface area contributed by atoms with Crippen LogP contribution in [0.15, 0.2) is 30.5 Å². The summed E-state index contributed by atoms with van der Waals surface area (Å²) < 4.78 is 6.89. The summed E-state index contributed by atoms with van der Waals surface area (Å²) in [5.74, 6) is 0.00452. The molecule has 1 aromatic heterocycles. The van der Waals surface area contributed by atoms with Gasteiger partial charge in [0, 0.05) is 16.8 Å². The molecule has 1 aromatic carbocycles. The van der Waals surface area contributed by atoms with Crippen LogP contribution >= 0.6 is 0 Å². The number of aromatic nitrogens is 2. The van der Waals surface area contributed by atoms with Crippen LogP contribution in [0.3, 0.4) is 0 Å². The molecule has 0 spiro atoms. The first-order chi connectivity index (χ1) is 13.1. The number of benzene rings is 1. The Balaban J connectivity index is 1.56. The maximum Gasteiger partial charge on any atom is 0.251 e. The summed E-state index contributed by atoms with van der Waals surface area (Å²) in [5.41, 5.74) is 2.48. The zero-order valence-electron chi connectivity index (χ0n) is 15.3. The van der Waals surface area contributed by atoms with Gasteiger partial charge in [-0.15, -0.1) is 0 Å². The van der Waals surface area contributed by atoms with Crippen LogP contribution in [-0.4, -0.2) is 47.0 Å². The van der Waals surface area contributed by atoms with Crippen molar-refractivity contribution in [1.29, 1.82) is 0 Å². The third kappa shape index (κ3) is 4.46. The smallest absolute Gasteiger partial charge is 0.251 e. The molecule has 2 amide bonds. The van der Waals surface area contributed by atoms with E-state index in [1.54, 1.807) is 35.1 Å². The number of hydrogen-bond donors (Lipinski definition) is 3. The van der Waals surface area contributed by atoms with E-state index in [4.69, 9.17) is 9.84 Å². The summed E-state index contributed by atoms with van der Waals surface area (Å²) in [6.07, 6.45) is 4.40. The minimum atomic E-state index is -0.329. The van der Waals surface area contributed by atoms with Crippen LogP contribution in [0.2, 0.25) is 0 Å². The van der Waals surface area contributed by atoms with Crippen molar-refractivity contribution in [3.63, 3.8) is 0 Å². The molecular weight excluding hydrogens is 348 g/mol. The number of rotatable bonds is 7. The zero-order valence-corrected chi connectivity index (χ0v) is 15.3. The Morgan fingerprint density at radius 2 is 2.26 bits per heavy atom. The van der Waals surface area contributed by atoms with Crippen LogP contribution in [-0.2, 0) is 17.8 Å². The lowest BCUT2D eigenvalue weighted by Crippen LogP contribution is -2.39. The van der Waals surface area contributed by atoms with E-state index in [0.29, 0.717) is 17.9 Å². The fourth-order valence-corrected chi connectivity index (χ4v) is 3.33. The molecule has 1 heterocycles. The van der Waals surface area contributed by atoms with E-state index in [1.165, 1.54) is 7.11 Å². The number of amides is 2. The summed E-state index contributed by atoms with van der Waals surface area (Å²) in [7, 11) is 1.53. The fourth-order valence-electron chi connectivity index (χ4n) is 3.33. The Labute approximate surface area is 157 Å². The normalized spacial score (nSPS) is 15.7. The summed E-state index contributed by atoms with van der Waals surface area (Å²) in [6, 6.07) is 6.64. The first-order valence-corrected chi connectivity index (χ1v) is 8.99. The highest BCUT2D eigenvalue weighted by Crippen LogP contribution is 2.29. The molecular formula is C19H24N4O4. The second kappa shape index (κ2) is 8.68. The van der Waals surface area contributed by atoms with E-state index in [1.807, 2.05) is 0 Å². The number of aliphatic hydroxyl groups excluding tert-OH is 1. The lowest BCUT2D eigenvalue weighted by Gasteiger charge is -2.24. The molecule has 0 saturated carbocycles. The number of hydrogen-bond acceptors (Lipinski definition) is 5. The van der Waals surface area contributed by atoms with Gasteiger partial charge in [-0.2, -0.15) is 5.10 Å². The third-order valence-electron chi connectivity index (χ3n) is 4.65. The van der Waals surface area contributed by atoms with E-state index in [0.717, 1.165) is 30.5 Å². The molecule has 1 unspecified atom stereocenters. The van der Waals surface area contributed by atoms with E-state index < -0.39 is 0 Å². The van der Waals surface area contributed by atoms with Gasteiger partial charge in [-0.25, -0.2) is 0 Å². The van der Waals surface area contributed by atoms with E-state index >= 15 is 0 Å². The third-order valence-corrected chi connectivity index (χ3v) is 4.65. The molecule has 27 heavy (non-hydrogen) atoms. The quantitative estimate of drug-likeness (QED) is 0.667. The van der Waals surface area contributed by atoms with Crippen molar-refractivity contribution >= 4 is 11.8 Å². The second-order valence-electron chi connectivity index (χ2n) is 6.42. The SMILES string of the molecule is COc1cccc(C(=O)NCC(=O)NC2CCCc3c2cnn3CCO)c1. The Morgan fingerprint density at radius 1 is 1.41 bits per heavy atom. The number of fused-ring (bicyclic) bond motifs is 1. The highest BCUT2D eigenvalue weighted by Gasteiger charge is 2.25. The summed E-state index contributed by atoms with van der Waals surface area (Å²) >= 11 is 0. The second-order valence-corrected chi connectivity index (χ2v) is 6.42. The van der Waals surface area contributed by atoms with Crippen molar-refractivity contribution in [2.45, 2.75) is 31.8 Å². The van der Waals surface area contributed by atoms with Gasteiger partial charge in [-0.1, -0.05) is 6.07 Å². The highest BCUT2D eigenvalue weighted by molar-refractivity contribution is 5.96. The van der Waals surface area contributed by atoms with Gasteiger partial charge in [-0.3, -0.25) is 14.3 Å². The summed E-state index contributed by atoms with van der Waals surface area (Å²) in [4.78, 5) is 24.5. The van der Waals surface area contributed by atoms with Gasteiger partial charge < -0.3 is 20.5 Å². The molecule has 0 bridgehead atoms. The minimum Gasteiger partial charge on any atom is -0.497 e. The molecule has 1 atom stereocenters. The predicted molar refractivity (Wildman–Crippen MR) is 98.5 cm³/mol. The topological polar surface area (TPSA) is 105 Å². The van der Waals surface area contributed by atoms with Crippen molar-refractivity contribution in [3.05, 3.63) is 47.3 Å². The maximum absolute atomic E-state index is 12.3. The molecule has 2 aromatic rings. The monoisotopic (exact) mass is 372 g/mol. The van der Waals surface area contributed by atoms with Gasteiger partial charge in [0.25, 0.3) is 5.91 Å². The van der Waals surface area contributed by atoms with Gasteiger partial charge in [0.05, 0.1) is 39.0 Å². The van der Waals surface area contributed by atoms with Crippen LogP contribution < -0.4 is 15.4 Å². The molecule has 0 saturated heterocycles. The first kappa shape index (κ1) is 18.9. The maximum atomic E-state index is 12.3. The average Bonchev–Trinajstić information content (AvgIpc) is 3.10. The number of carbonyl (C=O) groups excluding carboxylic acids is 2.